The quantitative estimate of drug-likeness (QED) is 0.623. The molecule has 0 aromatic rings. The van der Waals surface area contributed by atoms with Crippen LogP contribution in [0.5, 0.6) is 0 Å². The minimum absolute atomic E-state index is 0.267. The standard InChI is InChI=1S/C16H23N3OS/c17-6-2-7-19(11-14-3-1-8-20-14)16(21)18-15-10-12-4-5-13(15)9-12/h4-5,12-15H,1-3,7-11H2,(H,18,21)/t12-,13-,14-,15+/m1/s1. The van der Waals surface area contributed by atoms with Gasteiger partial charge in [-0.05, 0) is 49.7 Å². The lowest BCUT2D eigenvalue weighted by molar-refractivity contribution is 0.0912. The van der Waals surface area contributed by atoms with Gasteiger partial charge >= 0.3 is 0 Å². The fraction of sp³-hybridized carbons (Fsp3) is 0.750. The molecule has 5 heteroatoms. The smallest absolute Gasteiger partial charge is 0.169 e. The molecular weight excluding hydrogens is 282 g/mol. The van der Waals surface area contributed by atoms with Crippen LogP contribution in [-0.2, 0) is 4.74 Å². The summed E-state index contributed by atoms with van der Waals surface area (Å²) in [5.41, 5.74) is 0. The first kappa shape index (κ1) is 14.8. The molecule has 4 atom stereocenters. The molecule has 1 N–H and O–H groups in total. The van der Waals surface area contributed by atoms with Gasteiger partial charge in [0, 0.05) is 25.7 Å². The van der Waals surface area contributed by atoms with Crippen molar-refractivity contribution in [3.63, 3.8) is 0 Å². The Labute approximate surface area is 132 Å². The number of fused-ring (bicyclic) bond motifs is 2. The van der Waals surface area contributed by atoms with Gasteiger partial charge in [-0.2, -0.15) is 5.26 Å². The van der Waals surface area contributed by atoms with Crippen molar-refractivity contribution in [3.8, 4) is 6.07 Å². The van der Waals surface area contributed by atoms with Crippen molar-refractivity contribution in [1.82, 2.24) is 10.2 Å². The highest BCUT2D eigenvalue weighted by Crippen LogP contribution is 2.39. The third-order valence-electron chi connectivity index (χ3n) is 4.82. The molecule has 1 saturated carbocycles. The molecule has 2 fully saturated rings. The van der Waals surface area contributed by atoms with Crippen LogP contribution >= 0.6 is 12.2 Å². The summed E-state index contributed by atoms with van der Waals surface area (Å²) in [5.74, 6) is 1.37. The van der Waals surface area contributed by atoms with Crippen LogP contribution in [-0.4, -0.2) is 41.9 Å². The number of thiocarbonyl (C=S) groups is 1. The third-order valence-corrected chi connectivity index (χ3v) is 5.19. The number of rotatable bonds is 5. The SMILES string of the molecule is N#CCCN(C[C@H]1CCCO1)C(=S)N[C@H]1C[C@@H]2C=C[C@@H]1C2. The average molecular weight is 305 g/mol. The van der Waals surface area contributed by atoms with Crippen molar-refractivity contribution in [3.05, 3.63) is 12.2 Å². The Kier molecular flexibility index (Phi) is 4.77. The van der Waals surface area contributed by atoms with Crippen LogP contribution in [0.4, 0.5) is 0 Å². The second-order valence-corrected chi connectivity index (χ2v) is 6.71. The molecule has 1 heterocycles. The summed E-state index contributed by atoms with van der Waals surface area (Å²) in [6.07, 6.45) is 10.1. The van der Waals surface area contributed by atoms with E-state index < -0.39 is 0 Å². The van der Waals surface area contributed by atoms with Gasteiger partial charge in [-0.1, -0.05) is 12.2 Å². The van der Waals surface area contributed by atoms with Gasteiger partial charge in [-0.3, -0.25) is 0 Å². The first-order valence-electron chi connectivity index (χ1n) is 7.98. The first-order chi connectivity index (χ1) is 10.3. The fourth-order valence-corrected chi connectivity index (χ4v) is 4.01. The maximum absolute atomic E-state index is 8.85. The van der Waals surface area contributed by atoms with E-state index in [1.807, 2.05) is 0 Å². The molecule has 1 aliphatic heterocycles. The van der Waals surface area contributed by atoms with Crippen molar-refractivity contribution in [2.24, 2.45) is 11.8 Å². The van der Waals surface area contributed by atoms with Crippen LogP contribution in [0.2, 0.25) is 0 Å². The topological polar surface area (TPSA) is 48.3 Å². The highest BCUT2D eigenvalue weighted by Gasteiger charge is 2.36. The fourth-order valence-electron chi connectivity index (χ4n) is 3.69. The molecule has 4 nitrogen and oxygen atoms in total. The van der Waals surface area contributed by atoms with E-state index in [1.54, 1.807) is 0 Å². The molecule has 1 saturated heterocycles. The minimum atomic E-state index is 0.267. The highest BCUT2D eigenvalue weighted by atomic mass is 32.1. The van der Waals surface area contributed by atoms with Crippen molar-refractivity contribution in [2.75, 3.05) is 19.7 Å². The summed E-state index contributed by atoms with van der Waals surface area (Å²) in [4.78, 5) is 2.13. The van der Waals surface area contributed by atoms with Crippen molar-refractivity contribution in [2.45, 2.75) is 44.2 Å². The van der Waals surface area contributed by atoms with Crippen LogP contribution in [0.3, 0.4) is 0 Å². The van der Waals surface area contributed by atoms with E-state index in [2.05, 4.69) is 28.4 Å². The third kappa shape index (κ3) is 3.56. The minimum Gasteiger partial charge on any atom is -0.376 e. The Morgan fingerprint density at radius 2 is 2.33 bits per heavy atom. The number of nitriles is 1. The molecule has 0 aromatic carbocycles. The van der Waals surface area contributed by atoms with Gasteiger partial charge < -0.3 is 15.0 Å². The normalized spacial score (nSPS) is 33.1. The van der Waals surface area contributed by atoms with Crippen molar-refractivity contribution >= 4 is 17.3 Å². The molecule has 3 rings (SSSR count). The Bertz CT molecular complexity index is 453. The largest absolute Gasteiger partial charge is 0.376 e. The number of nitrogens with zero attached hydrogens (tertiary/aromatic N) is 2. The Morgan fingerprint density at radius 3 is 2.95 bits per heavy atom. The highest BCUT2D eigenvalue weighted by molar-refractivity contribution is 7.80. The van der Waals surface area contributed by atoms with E-state index >= 15 is 0 Å². The summed E-state index contributed by atoms with van der Waals surface area (Å²) in [6, 6.07) is 2.69. The van der Waals surface area contributed by atoms with Crippen LogP contribution < -0.4 is 5.32 Å². The van der Waals surface area contributed by atoms with Gasteiger partial charge in [-0.25, -0.2) is 0 Å². The molecule has 3 aliphatic rings. The molecule has 0 aromatic heterocycles. The number of hydrogen-bond acceptors (Lipinski definition) is 3. The van der Waals surface area contributed by atoms with Gasteiger partial charge in [0.2, 0.25) is 0 Å². The average Bonchev–Trinajstić information content (AvgIpc) is 3.20. The van der Waals surface area contributed by atoms with E-state index in [9.17, 15) is 0 Å². The summed E-state index contributed by atoms with van der Waals surface area (Å²) in [7, 11) is 0. The molecule has 2 aliphatic carbocycles. The molecule has 114 valence electrons. The lowest BCUT2D eigenvalue weighted by Crippen LogP contribution is -2.48. The first-order valence-corrected chi connectivity index (χ1v) is 8.39. The lowest BCUT2D eigenvalue weighted by Gasteiger charge is -2.31. The zero-order chi connectivity index (χ0) is 14.7. The Hall–Kier alpha value is -1.12. The van der Waals surface area contributed by atoms with Crippen molar-refractivity contribution in [1.29, 1.82) is 5.26 Å². The predicted molar refractivity (Wildman–Crippen MR) is 85.7 cm³/mol. The number of hydrogen-bond donors (Lipinski definition) is 1. The summed E-state index contributed by atoms with van der Waals surface area (Å²) >= 11 is 5.60. The molecule has 0 unspecified atom stereocenters. The van der Waals surface area contributed by atoms with Crippen LogP contribution in [0.15, 0.2) is 12.2 Å². The molecule has 2 bridgehead atoms. The van der Waals surface area contributed by atoms with E-state index in [4.69, 9.17) is 22.2 Å². The zero-order valence-corrected chi connectivity index (χ0v) is 13.1. The predicted octanol–water partition coefficient (Wildman–Crippen LogP) is 2.22. The zero-order valence-electron chi connectivity index (χ0n) is 12.3. The number of allylic oxidation sites excluding steroid dienone is 1. The second-order valence-electron chi connectivity index (χ2n) is 6.33. The van der Waals surface area contributed by atoms with Crippen LogP contribution in [0.25, 0.3) is 0 Å². The summed E-state index contributed by atoms with van der Waals surface area (Å²) in [6.45, 7) is 2.36. The van der Waals surface area contributed by atoms with E-state index in [0.717, 1.165) is 37.0 Å². The molecule has 21 heavy (non-hydrogen) atoms. The maximum Gasteiger partial charge on any atom is 0.169 e. The van der Waals surface area contributed by atoms with Crippen molar-refractivity contribution < 1.29 is 4.74 Å². The van der Waals surface area contributed by atoms with Crippen LogP contribution in [0.1, 0.15) is 32.1 Å². The number of nitrogens with one attached hydrogen (secondary N) is 1. The summed E-state index contributed by atoms with van der Waals surface area (Å²) < 4.78 is 5.71. The van der Waals surface area contributed by atoms with Gasteiger partial charge in [-0.15, -0.1) is 0 Å². The van der Waals surface area contributed by atoms with E-state index in [-0.39, 0.29) is 6.10 Å². The van der Waals surface area contributed by atoms with Gasteiger partial charge in [0.25, 0.3) is 0 Å². The molecule has 0 spiro atoms. The molecule has 0 radical (unpaired) electrons. The Balaban J connectivity index is 1.54. The van der Waals surface area contributed by atoms with Gasteiger partial charge in [0.05, 0.1) is 18.6 Å². The second kappa shape index (κ2) is 6.76. The van der Waals surface area contributed by atoms with E-state index in [1.165, 1.54) is 12.8 Å². The molecular formula is C16H23N3OS. The van der Waals surface area contributed by atoms with E-state index in [0.29, 0.717) is 24.9 Å². The Morgan fingerprint density at radius 1 is 1.43 bits per heavy atom. The van der Waals surface area contributed by atoms with Gasteiger partial charge in [0.15, 0.2) is 5.11 Å². The van der Waals surface area contributed by atoms with Gasteiger partial charge in [0.1, 0.15) is 0 Å². The van der Waals surface area contributed by atoms with Crippen LogP contribution in [0, 0.1) is 23.2 Å². The number of ether oxygens (including phenoxy) is 1. The monoisotopic (exact) mass is 305 g/mol. The maximum atomic E-state index is 8.85. The summed E-state index contributed by atoms with van der Waals surface area (Å²) in [5, 5.41) is 13.2. The molecule has 0 amide bonds. The lowest BCUT2D eigenvalue weighted by atomic mass is 10.0.